The molecule has 0 saturated carbocycles. The second-order valence-corrected chi connectivity index (χ2v) is 4.40. The molecule has 0 aromatic rings. The fourth-order valence-corrected chi connectivity index (χ4v) is 2.72. The Morgan fingerprint density at radius 3 is 3.00 bits per heavy atom. The molecule has 0 spiro atoms. The molecule has 2 atom stereocenters. The zero-order chi connectivity index (χ0) is 7.40. The molecule has 1 aliphatic rings. The molecule has 0 aromatic heterocycles. The van der Waals surface area contributed by atoms with Gasteiger partial charge >= 0.3 is 0 Å². The highest BCUT2D eigenvalue weighted by atomic mass is 32.2. The Kier molecular flexibility index (Phi) is 3.57. The van der Waals surface area contributed by atoms with Crippen LogP contribution >= 0.6 is 11.8 Å². The lowest BCUT2D eigenvalue weighted by atomic mass is 9.96. The number of hydrogen-bond acceptors (Lipinski definition) is 2. The number of aliphatic hydroxyl groups excluding tert-OH is 1. The van der Waals surface area contributed by atoms with Crippen LogP contribution in [0.2, 0.25) is 0 Å². The van der Waals surface area contributed by atoms with Crippen molar-refractivity contribution in [3.63, 3.8) is 0 Å². The van der Waals surface area contributed by atoms with Crippen molar-refractivity contribution in [3.8, 4) is 0 Å². The third kappa shape index (κ3) is 2.51. The quantitative estimate of drug-likeness (QED) is 0.679. The van der Waals surface area contributed by atoms with Gasteiger partial charge in [-0.2, -0.15) is 11.8 Å². The van der Waals surface area contributed by atoms with Gasteiger partial charge in [0.05, 0.1) is 0 Å². The van der Waals surface area contributed by atoms with Crippen molar-refractivity contribution in [2.24, 2.45) is 11.8 Å². The van der Waals surface area contributed by atoms with E-state index in [1.165, 1.54) is 24.3 Å². The number of hydrogen-bond donors (Lipinski definition) is 1. The first kappa shape index (κ1) is 8.41. The SMILES string of the molecule is CC(CO)CC1CCSC1. The van der Waals surface area contributed by atoms with Gasteiger partial charge in [-0.1, -0.05) is 6.92 Å². The van der Waals surface area contributed by atoms with Crippen LogP contribution < -0.4 is 0 Å². The van der Waals surface area contributed by atoms with Gasteiger partial charge in [-0.3, -0.25) is 0 Å². The fourth-order valence-electron chi connectivity index (χ4n) is 1.41. The molecular formula is C8H16OS. The van der Waals surface area contributed by atoms with E-state index in [0.717, 1.165) is 5.92 Å². The molecular weight excluding hydrogens is 144 g/mol. The summed E-state index contributed by atoms with van der Waals surface area (Å²) in [6.45, 7) is 2.49. The first-order chi connectivity index (χ1) is 4.83. The molecule has 1 fully saturated rings. The zero-order valence-electron chi connectivity index (χ0n) is 6.55. The van der Waals surface area contributed by atoms with Crippen molar-refractivity contribution in [1.82, 2.24) is 0 Å². The number of aliphatic hydroxyl groups is 1. The lowest BCUT2D eigenvalue weighted by Crippen LogP contribution is -2.08. The molecule has 1 rings (SSSR count). The van der Waals surface area contributed by atoms with Crippen molar-refractivity contribution in [2.75, 3.05) is 18.1 Å². The average Bonchev–Trinajstić information content (AvgIpc) is 2.40. The van der Waals surface area contributed by atoms with Crippen LogP contribution in [0.1, 0.15) is 19.8 Å². The molecule has 60 valence electrons. The Balaban J connectivity index is 2.11. The Labute approximate surface area is 67.2 Å². The fraction of sp³-hybridized carbons (Fsp3) is 1.00. The molecule has 0 radical (unpaired) electrons. The van der Waals surface area contributed by atoms with Gasteiger partial charge in [0.1, 0.15) is 0 Å². The summed E-state index contributed by atoms with van der Waals surface area (Å²) in [5.74, 6) is 4.07. The second kappa shape index (κ2) is 4.24. The summed E-state index contributed by atoms with van der Waals surface area (Å²) in [7, 11) is 0. The molecule has 1 heterocycles. The summed E-state index contributed by atoms with van der Waals surface area (Å²) in [4.78, 5) is 0. The van der Waals surface area contributed by atoms with Crippen molar-refractivity contribution in [3.05, 3.63) is 0 Å². The Morgan fingerprint density at radius 1 is 1.70 bits per heavy atom. The molecule has 0 aromatic carbocycles. The van der Waals surface area contributed by atoms with Gasteiger partial charge in [0, 0.05) is 6.61 Å². The van der Waals surface area contributed by atoms with Crippen molar-refractivity contribution >= 4 is 11.8 Å². The molecule has 1 nitrogen and oxygen atoms in total. The molecule has 1 aliphatic heterocycles. The van der Waals surface area contributed by atoms with E-state index in [2.05, 4.69) is 18.7 Å². The monoisotopic (exact) mass is 160 g/mol. The number of rotatable bonds is 3. The summed E-state index contributed by atoms with van der Waals surface area (Å²) in [6, 6.07) is 0. The van der Waals surface area contributed by atoms with Gasteiger partial charge in [-0.05, 0) is 36.2 Å². The highest BCUT2D eigenvalue weighted by Gasteiger charge is 2.17. The van der Waals surface area contributed by atoms with Crippen LogP contribution in [0.4, 0.5) is 0 Å². The lowest BCUT2D eigenvalue weighted by molar-refractivity contribution is 0.216. The zero-order valence-corrected chi connectivity index (χ0v) is 7.36. The first-order valence-corrected chi connectivity index (χ1v) is 5.17. The van der Waals surface area contributed by atoms with E-state index in [-0.39, 0.29) is 0 Å². The summed E-state index contributed by atoms with van der Waals surface area (Å²) in [5, 5.41) is 8.79. The van der Waals surface area contributed by atoms with E-state index in [4.69, 9.17) is 5.11 Å². The van der Waals surface area contributed by atoms with Gasteiger partial charge in [-0.25, -0.2) is 0 Å². The summed E-state index contributed by atoms with van der Waals surface area (Å²) in [5.41, 5.74) is 0. The van der Waals surface area contributed by atoms with Gasteiger partial charge in [0.15, 0.2) is 0 Å². The Bertz CT molecular complexity index is 89.3. The van der Waals surface area contributed by atoms with Gasteiger partial charge in [0.2, 0.25) is 0 Å². The first-order valence-electron chi connectivity index (χ1n) is 4.01. The van der Waals surface area contributed by atoms with Crippen LogP contribution in [0, 0.1) is 11.8 Å². The van der Waals surface area contributed by atoms with E-state index in [1.54, 1.807) is 0 Å². The maximum Gasteiger partial charge on any atom is 0.0456 e. The molecule has 10 heavy (non-hydrogen) atoms. The predicted molar refractivity (Wildman–Crippen MR) is 46.3 cm³/mol. The van der Waals surface area contributed by atoms with E-state index < -0.39 is 0 Å². The van der Waals surface area contributed by atoms with Crippen molar-refractivity contribution in [2.45, 2.75) is 19.8 Å². The summed E-state index contributed by atoms with van der Waals surface area (Å²) in [6.07, 6.45) is 2.60. The molecule has 0 bridgehead atoms. The molecule has 0 aliphatic carbocycles. The minimum absolute atomic E-state index is 0.362. The van der Waals surface area contributed by atoms with E-state index >= 15 is 0 Å². The Hall–Kier alpha value is 0.310. The van der Waals surface area contributed by atoms with Crippen LogP contribution in [-0.4, -0.2) is 23.2 Å². The highest BCUT2D eigenvalue weighted by molar-refractivity contribution is 7.99. The Morgan fingerprint density at radius 2 is 2.50 bits per heavy atom. The molecule has 1 N–H and O–H groups in total. The topological polar surface area (TPSA) is 20.2 Å². The minimum Gasteiger partial charge on any atom is -0.396 e. The third-order valence-electron chi connectivity index (χ3n) is 2.07. The van der Waals surface area contributed by atoms with Crippen LogP contribution in [0.25, 0.3) is 0 Å². The molecule has 2 unspecified atom stereocenters. The van der Waals surface area contributed by atoms with Gasteiger partial charge in [0.25, 0.3) is 0 Å². The highest BCUT2D eigenvalue weighted by Crippen LogP contribution is 2.28. The van der Waals surface area contributed by atoms with Crippen molar-refractivity contribution < 1.29 is 5.11 Å². The maximum atomic E-state index is 8.79. The normalized spacial score (nSPS) is 28.8. The minimum atomic E-state index is 0.362. The van der Waals surface area contributed by atoms with Crippen LogP contribution in [0.3, 0.4) is 0 Å². The van der Waals surface area contributed by atoms with Crippen molar-refractivity contribution in [1.29, 1.82) is 0 Å². The average molecular weight is 160 g/mol. The summed E-state index contributed by atoms with van der Waals surface area (Å²) < 4.78 is 0. The second-order valence-electron chi connectivity index (χ2n) is 3.25. The van der Waals surface area contributed by atoms with Crippen LogP contribution in [0.5, 0.6) is 0 Å². The number of thioether (sulfide) groups is 1. The van der Waals surface area contributed by atoms with Crippen LogP contribution in [0.15, 0.2) is 0 Å². The molecule has 1 saturated heterocycles. The molecule has 2 heteroatoms. The smallest absolute Gasteiger partial charge is 0.0456 e. The van der Waals surface area contributed by atoms with E-state index in [0.29, 0.717) is 12.5 Å². The van der Waals surface area contributed by atoms with Gasteiger partial charge < -0.3 is 5.11 Å². The molecule has 0 amide bonds. The third-order valence-corrected chi connectivity index (χ3v) is 3.30. The van der Waals surface area contributed by atoms with E-state index in [9.17, 15) is 0 Å². The summed E-state index contributed by atoms with van der Waals surface area (Å²) >= 11 is 2.05. The largest absolute Gasteiger partial charge is 0.396 e. The van der Waals surface area contributed by atoms with E-state index in [1.807, 2.05) is 0 Å². The van der Waals surface area contributed by atoms with Gasteiger partial charge in [-0.15, -0.1) is 0 Å². The lowest BCUT2D eigenvalue weighted by Gasteiger charge is -2.12. The maximum absolute atomic E-state index is 8.79. The standard InChI is InChI=1S/C8H16OS/c1-7(5-9)4-8-2-3-10-6-8/h7-9H,2-6H2,1H3. The predicted octanol–water partition coefficient (Wildman–Crippen LogP) is 1.76. The van der Waals surface area contributed by atoms with Crippen LogP contribution in [-0.2, 0) is 0 Å².